The fourth-order valence-electron chi connectivity index (χ4n) is 4.70. The molecule has 0 spiro atoms. The van der Waals surface area contributed by atoms with Crippen LogP contribution in [0.2, 0.25) is 0 Å². The summed E-state index contributed by atoms with van der Waals surface area (Å²) in [6.07, 6.45) is 7.85. The average molecular weight is 383 g/mol. The van der Waals surface area contributed by atoms with Crippen LogP contribution >= 0.6 is 0 Å². The number of piperidine rings is 1. The van der Waals surface area contributed by atoms with Crippen molar-refractivity contribution in [3.8, 4) is 0 Å². The van der Waals surface area contributed by atoms with E-state index in [9.17, 15) is 4.79 Å². The molecule has 2 aliphatic rings. The number of likely N-dealkylation sites (tertiary alicyclic amines) is 1. The molecule has 4 rings (SSSR count). The van der Waals surface area contributed by atoms with Crippen molar-refractivity contribution in [2.75, 3.05) is 39.9 Å². The monoisotopic (exact) mass is 382 g/mol. The van der Waals surface area contributed by atoms with Gasteiger partial charge in [0.1, 0.15) is 5.69 Å². The summed E-state index contributed by atoms with van der Waals surface area (Å²) >= 11 is 0. The highest BCUT2D eigenvalue weighted by Crippen LogP contribution is 2.29. The maximum absolute atomic E-state index is 12.9. The first kappa shape index (κ1) is 19.2. The number of carbonyl (C=O) groups excluding carboxylic acids is 1. The number of H-pyrrole nitrogens is 1. The van der Waals surface area contributed by atoms with E-state index < -0.39 is 0 Å². The van der Waals surface area contributed by atoms with Crippen LogP contribution < -0.4 is 0 Å². The fraction of sp³-hybridized carbons (Fsp3) is 0.545. The second-order valence-corrected chi connectivity index (χ2v) is 8.04. The van der Waals surface area contributed by atoms with Crippen LogP contribution in [0.25, 0.3) is 0 Å². The number of imidazole rings is 1. The van der Waals surface area contributed by atoms with E-state index in [0.29, 0.717) is 30.8 Å². The normalized spacial score (nSPS) is 20.2. The molecule has 2 heterocycles. The number of ether oxygens (including phenoxy) is 1. The quantitative estimate of drug-likeness (QED) is 0.799. The van der Waals surface area contributed by atoms with Crippen LogP contribution in [0.1, 0.15) is 34.5 Å². The lowest BCUT2D eigenvalue weighted by molar-refractivity contribution is 0.0569. The Hall–Kier alpha value is -2.18. The highest BCUT2D eigenvalue weighted by Gasteiger charge is 2.31. The van der Waals surface area contributed by atoms with Gasteiger partial charge in [0.25, 0.3) is 5.91 Å². The summed E-state index contributed by atoms with van der Waals surface area (Å²) in [5.41, 5.74) is 3.56. The first-order chi connectivity index (χ1) is 13.7. The zero-order chi connectivity index (χ0) is 19.3. The number of rotatable bonds is 7. The molecule has 1 atom stereocenters. The maximum atomic E-state index is 12.9. The Morgan fingerprint density at radius 2 is 2.11 bits per heavy atom. The lowest BCUT2D eigenvalue weighted by Gasteiger charge is -2.38. The minimum Gasteiger partial charge on any atom is -0.383 e. The zero-order valence-corrected chi connectivity index (χ0v) is 16.6. The van der Waals surface area contributed by atoms with Gasteiger partial charge in [-0.2, -0.15) is 0 Å². The average Bonchev–Trinajstić information content (AvgIpc) is 3.40. The number of hydrogen-bond acceptors (Lipinski definition) is 4. The number of nitrogens with zero attached hydrogens (tertiary/aromatic N) is 3. The predicted molar refractivity (Wildman–Crippen MR) is 108 cm³/mol. The molecule has 2 aromatic rings. The molecule has 1 saturated heterocycles. The van der Waals surface area contributed by atoms with Crippen LogP contribution in [-0.2, 0) is 17.6 Å². The first-order valence-corrected chi connectivity index (χ1v) is 10.3. The van der Waals surface area contributed by atoms with Gasteiger partial charge in [-0.05, 0) is 49.3 Å². The number of fused-ring (bicyclic) bond motifs is 1. The highest BCUT2D eigenvalue weighted by atomic mass is 16.5. The van der Waals surface area contributed by atoms with Crippen molar-refractivity contribution in [1.82, 2.24) is 19.8 Å². The molecule has 28 heavy (non-hydrogen) atoms. The number of amides is 1. The van der Waals surface area contributed by atoms with Gasteiger partial charge < -0.3 is 14.6 Å². The summed E-state index contributed by atoms with van der Waals surface area (Å²) in [6, 6.07) is 9.44. The fourth-order valence-corrected chi connectivity index (χ4v) is 4.70. The topological polar surface area (TPSA) is 61.5 Å². The Bertz CT molecular complexity index is 752. The Morgan fingerprint density at radius 1 is 1.32 bits per heavy atom. The lowest BCUT2D eigenvalue weighted by atomic mass is 9.95. The number of nitrogens with one attached hydrogen (secondary N) is 1. The van der Waals surface area contributed by atoms with Crippen molar-refractivity contribution in [2.24, 2.45) is 5.92 Å². The molecule has 0 saturated carbocycles. The first-order valence-electron chi connectivity index (χ1n) is 10.3. The van der Waals surface area contributed by atoms with Gasteiger partial charge in [0.15, 0.2) is 0 Å². The number of aromatic nitrogens is 2. The smallest absolute Gasteiger partial charge is 0.272 e. The third kappa shape index (κ3) is 4.28. The van der Waals surface area contributed by atoms with Crippen LogP contribution in [0, 0.1) is 5.92 Å². The second kappa shape index (κ2) is 8.88. The number of carbonyl (C=O) groups is 1. The van der Waals surface area contributed by atoms with Crippen LogP contribution in [0.15, 0.2) is 36.8 Å². The van der Waals surface area contributed by atoms with Crippen molar-refractivity contribution in [1.29, 1.82) is 0 Å². The standard InChI is InChI=1S/C22H30N4O2/c1-28-10-9-26(22(27)21-13-23-16-24-21)15-17-5-4-8-25(14-17)20-11-18-6-2-3-7-19(18)12-20/h2-3,6-7,13,16-17,20H,4-5,8-12,14-15H2,1H3,(H,23,24)/t17-/m0/s1. The molecule has 1 aromatic carbocycles. The molecule has 6 heteroatoms. The zero-order valence-electron chi connectivity index (χ0n) is 16.6. The van der Waals surface area contributed by atoms with Gasteiger partial charge in [-0.15, -0.1) is 0 Å². The maximum Gasteiger partial charge on any atom is 0.272 e. The van der Waals surface area contributed by atoms with E-state index in [1.54, 1.807) is 19.6 Å². The molecule has 0 radical (unpaired) electrons. The molecule has 1 N–H and O–H groups in total. The third-order valence-corrected chi connectivity index (χ3v) is 6.16. The van der Waals surface area contributed by atoms with Gasteiger partial charge in [0.2, 0.25) is 0 Å². The van der Waals surface area contributed by atoms with Crippen molar-refractivity contribution in [2.45, 2.75) is 31.7 Å². The van der Waals surface area contributed by atoms with E-state index in [4.69, 9.17) is 4.74 Å². The van der Waals surface area contributed by atoms with Gasteiger partial charge >= 0.3 is 0 Å². The van der Waals surface area contributed by atoms with E-state index in [1.807, 2.05) is 4.90 Å². The van der Waals surface area contributed by atoms with E-state index in [1.165, 1.54) is 30.5 Å². The Kier molecular flexibility index (Phi) is 6.07. The number of benzene rings is 1. The van der Waals surface area contributed by atoms with E-state index >= 15 is 0 Å². The summed E-state index contributed by atoms with van der Waals surface area (Å²) in [6.45, 7) is 4.17. The summed E-state index contributed by atoms with van der Waals surface area (Å²) in [5, 5.41) is 0. The Morgan fingerprint density at radius 3 is 2.79 bits per heavy atom. The molecule has 0 unspecified atom stereocenters. The molecule has 1 amide bonds. The molecule has 0 bridgehead atoms. The van der Waals surface area contributed by atoms with Gasteiger partial charge in [0.05, 0.1) is 19.1 Å². The van der Waals surface area contributed by atoms with Crippen LogP contribution in [0.5, 0.6) is 0 Å². The van der Waals surface area contributed by atoms with Crippen LogP contribution in [0.3, 0.4) is 0 Å². The van der Waals surface area contributed by atoms with E-state index in [2.05, 4.69) is 39.1 Å². The van der Waals surface area contributed by atoms with Crippen LogP contribution in [-0.4, -0.2) is 71.6 Å². The Labute approximate surface area is 166 Å². The minimum atomic E-state index is 0.0138. The third-order valence-electron chi connectivity index (χ3n) is 6.16. The molecule has 1 aliphatic carbocycles. The molecule has 1 aliphatic heterocycles. The van der Waals surface area contributed by atoms with Crippen molar-refractivity contribution in [3.05, 3.63) is 53.6 Å². The second-order valence-electron chi connectivity index (χ2n) is 8.04. The largest absolute Gasteiger partial charge is 0.383 e. The van der Waals surface area contributed by atoms with E-state index in [0.717, 1.165) is 25.9 Å². The van der Waals surface area contributed by atoms with Crippen molar-refractivity contribution >= 4 is 5.91 Å². The van der Waals surface area contributed by atoms with Crippen molar-refractivity contribution in [3.63, 3.8) is 0 Å². The molecule has 6 nitrogen and oxygen atoms in total. The summed E-state index contributed by atoms with van der Waals surface area (Å²) < 4.78 is 5.24. The molecule has 1 aromatic heterocycles. The Balaban J connectivity index is 1.38. The van der Waals surface area contributed by atoms with Gasteiger partial charge in [0, 0.05) is 32.8 Å². The molecule has 1 fully saturated rings. The molecular formula is C22H30N4O2. The summed E-state index contributed by atoms with van der Waals surface area (Å²) in [5.74, 6) is 0.515. The van der Waals surface area contributed by atoms with Crippen LogP contribution in [0.4, 0.5) is 0 Å². The number of aromatic amines is 1. The molecular weight excluding hydrogens is 352 g/mol. The lowest BCUT2D eigenvalue weighted by Crippen LogP contribution is -2.47. The SMILES string of the molecule is COCCN(C[C@H]1CCCN(C2Cc3ccccc3C2)C1)C(=O)c1cnc[nH]1. The highest BCUT2D eigenvalue weighted by molar-refractivity contribution is 5.92. The summed E-state index contributed by atoms with van der Waals surface area (Å²) in [4.78, 5) is 24.4. The number of methoxy groups -OCH3 is 1. The van der Waals surface area contributed by atoms with Gasteiger partial charge in [-0.3, -0.25) is 9.69 Å². The summed E-state index contributed by atoms with van der Waals surface area (Å²) in [7, 11) is 1.68. The number of hydrogen-bond donors (Lipinski definition) is 1. The van der Waals surface area contributed by atoms with Crippen molar-refractivity contribution < 1.29 is 9.53 Å². The molecule has 150 valence electrons. The van der Waals surface area contributed by atoms with Gasteiger partial charge in [-0.25, -0.2) is 4.98 Å². The van der Waals surface area contributed by atoms with E-state index in [-0.39, 0.29) is 5.91 Å². The minimum absolute atomic E-state index is 0.0138. The predicted octanol–water partition coefficient (Wildman–Crippen LogP) is 2.38. The van der Waals surface area contributed by atoms with Gasteiger partial charge in [-0.1, -0.05) is 24.3 Å².